The minimum Gasteiger partial charge on any atom is -0.384 e. The van der Waals surface area contributed by atoms with Gasteiger partial charge in [-0.15, -0.1) is 5.92 Å². The average molecular weight is 272 g/mol. The van der Waals surface area contributed by atoms with Crippen LogP contribution in [0.15, 0.2) is 24.3 Å². The molecule has 1 aromatic carbocycles. The van der Waals surface area contributed by atoms with Crippen LogP contribution in [0.2, 0.25) is 0 Å². The van der Waals surface area contributed by atoms with Gasteiger partial charge in [0.15, 0.2) is 0 Å². The molecule has 0 aromatic heterocycles. The molecule has 110 valence electrons. The van der Waals surface area contributed by atoms with Crippen molar-refractivity contribution >= 4 is 0 Å². The second-order valence-corrected chi connectivity index (χ2v) is 5.82. The summed E-state index contributed by atoms with van der Waals surface area (Å²) in [6.07, 6.45) is 5.91. The van der Waals surface area contributed by atoms with Crippen molar-refractivity contribution in [2.75, 3.05) is 0 Å². The van der Waals surface area contributed by atoms with Crippen LogP contribution in [-0.4, -0.2) is 5.11 Å². The second kappa shape index (κ2) is 8.12. The molecule has 0 bridgehead atoms. The molecule has 1 heteroatoms. The lowest BCUT2D eigenvalue weighted by Gasteiger charge is -2.29. The lowest BCUT2D eigenvalue weighted by molar-refractivity contribution is 0.0233. The molecule has 1 nitrogen and oxygen atoms in total. The van der Waals surface area contributed by atoms with E-state index in [-0.39, 0.29) is 5.92 Å². The van der Waals surface area contributed by atoms with Crippen molar-refractivity contribution in [1.82, 2.24) is 0 Å². The Balaban J connectivity index is 2.64. The first-order valence-corrected chi connectivity index (χ1v) is 7.77. The Hall–Kier alpha value is -1.26. The highest BCUT2D eigenvalue weighted by Crippen LogP contribution is 2.30. The van der Waals surface area contributed by atoms with E-state index in [9.17, 15) is 5.11 Å². The van der Waals surface area contributed by atoms with Crippen LogP contribution in [0.25, 0.3) is 0 Å². The van der Waals surface area contributed by atoms with Gasteiger partial charge in [-0.3, -0.25) is 0 Å². The Kier molecular flexibility index (Phi) is 6.82. The minimum absolute atomic E-state index is 0.0604. The number of hydrogen-bond acceptors (Lipinski definition) is 1. The number of hydrogen-bond donors (Lipinski definition) is 1. The normalized spacial score (nSPS) is 15.1. The fraction of sp³-hybridized carbons (Fsp3) is 0.579. The third-order valence-corrected chi connectivity index (χ3v) is 4.01. The van der Waals surface area contributed by atoms with Crippen molar-refractivity contribution in [2.24, 2.45) is 5.92 Å². The Bertz CT molecular complexity index is 462. The smallest absolute Gasteiger partial charge is 0.100 e. The van der Waals surface area contributed by atoms with Gasteiger partial charge in [-0.25, -0.2) is 0 Å². The van der Waals surface area contributed by atoms with Crippen molar-refractivity contribution in [3.05, 3.63) is 35.4 Å². The first kappa shape index (κ1) is 16.8. The summed E-state index contributed by atoms with van der Waals surface area (Å²) in [5.41, 5.74) is 1.21. The molecule has 2 unspecified atom stereocenters. The van der Waals surface area contributed by atoms with E-state index in [0.717, 1.165) is 17.5 Å². The van der Waals surface area contributed by atoms with Crippen LogP contribution >= 0.6 is 0 Å². The first-order valence-electron chi connectivity index (χ1n) is 7.77. The predicted molar refractivity (Wildman–Crippen MR) is 86.4 cm³/mol. The van der Waals surface area contributed by atoms with E-state index in [1.807, 2.05) is 45.0 Å². The summed E-state index contributed by atoms with van der Waals surface area (Å²) >= 11 is 0. The van der Waals surface area contributed by atoms with Gasteiger partial charge in [-0.1, -0.05) is 56.4 Å². The summed E-state index contributed by atoms with van der Waals surface area (Å²) in [4.78, 5) is 0. The zero-order valence-electron chi connectivity index (χ0n) is 13.4. The van der Waals surface area contributed by atoms with Crippen molar-refractivity contribution in [2.45, 2.75) is 65.4 Å². The lowest BCUT2D eigenvalue weighted by Crippen LogP contribution is -2.29. The van der Waals surface area contributed by atoms with Crippen LogP contribution in [0.3, 0.4) is 0 Å². The maximum atomic E-state index is 10.8. The highest BCUT2D eigenvalue weighted by Gasteiger charge is 2.30. The van der Waals surface area contributed by atoms with Crippen LogP contribution in [-0.2, 0) is 5.60 Å². The molecule has 0 aliphatic rings. The van der Waals surface area contributed by atoms with Gasteiger partial charge in [0.25, 0.3) is 0 Å². The lowest BCUT2D eigenvalue weighted by atomic mass is 9.82. The zero-order chi connectivity index (χ0) is 15.0. The molecule has 0 amide bonds. The summed E-state index contributed by atoms with van der Waals surface area (Å²) in [5.74, 6) is 6.39. The molecule has 1 N–H and O–H groups in total. The van der Waals surface area contributed by atoms with E-state index in [1.54, 1.807) is 0 Å². The molecule has 1 rings (SSSR count). The number of aliphatic hydroxyl groups is 1. The number of benzene rings is 1. The highest BCUT2D eigenvalue weighted by molar-refractivity contribution is 5.33. The van der Waals surface area contributed by atoms with Gasteiger partial charge < -0.3 is 5.11 Å². The molecular weight excluding hydrogens is 244 g/mol. The molecule has 0 spiro atoms. The van der Waals surface area contributed by atoms with Crippen molar-refractivity contribution in [1.29, 1.82) is 0 Å². The zero-order valence-corrected chi connectivity index (χ0v) is 13.4. The van der Waals surface area contributed by atoms with Gasteiger partial charge in [0.1, 0.15) is 5.60 Å². The molecule has 20 heavy (non-hydrogen) atoms. The van der Waals surface area contributed by atoms with Gasteiger partial charge in [0.2, 0.25) is 0 Å². The highest BCUT2D eigenvalue weighted by atomic mass is 16.3. The van der Waals surface area contributed by atoms with E-state index >= 15 is 0 Å². The monoisotopic (exact) mass is 272 g/mol. The molecule has 0 saturated carbocycles. The predicted octanol–water partition coefficient (Wildman–Crippen LogP) is 4.81. The Morgan fingerprint density at radius 3 is 2.55 bits per heavy atom. The average Bonchev–Trinajstić information content (AvgIpc) is 2.42. The Morgan fingerprint density at radius 2 is 1.90 bits per heavy atom. The summed E-state index contributed by atoms with van der Waals surface area (Å²) in [5, 5.41) is 10.8. The van der Waals surface area contributed by atoms with E-state index in [4.69, 9.17) is 0 Å². The quantitative estimate of drug-likeness (QED) is 0.582. The van der Waals surface area contributed by atoms with E-state index in [2.05, 4.69) is 18.8 Å². The fourth-order valence-corrected chi connectivity index (χ4v) is 2.38. The molecule has 0 aliphatic carbocycles. The minimum atomic E-state index is -0.887. The summed E-state index contributed by atoms with van der Waals surface area (Å²) in [6, 6.07) is 8.00. The van der Waals surface area contributed by atoms with Crippen LogP contribution in [0.4, 0.5) is 0 Å². The van der Waals surface area contributed by atoms with Crippen LogP contribution in [0.1, 0.15) is 64.0 Å². The maximum Gasteiger partial charge on any atom is 0.100 e. The third-order valence-electron chi connectivity index (χ3n) is 4.01. The Morgan fingerprint density at radius 1 is 1.20 bits per heavy atom. The van der Waals surface area contributed by atoms with Crippen molar-refractivity contribution in [3.8, 4) is 11.8 Å². The van der Waals surface area contributed by atoms with Gasteiger partial charge >= 0.3 is 0 Å². The van der Waals surface area contributed by atoms with Gasteiger partial charge in [-0.2, -0.15) is 0 Å². The molecule has 0 heterocycles. The second-order valence-electron chi connectivity index (χ2n) is 5.82. The molecule has 0 radical (unpaired) electrons. The molecule has 0 aliphatic heterocycles. The molecule has 0 saturated heterocycles. The van der Waals surface area contributed by atoms with E-state index in [0.29, 0.717) is 0 Å². The van der Waals surface area contributed by atoms with Gasteiger partial charge in [0.05, 0.1) is 5.92 Å². The largest absolute Gasteiger partial charge is 0.384 e. The fourth-order valence-electron chi connectivity index (χ4n) is 2.38. The van der Waals surface area contributed by atoms with Gasteiger partial charge in [0, 0.05) is 6.42 Å². The standard InChI is InChI=1S/C19H28O/c1-5-6-7-8-9-10-14-17(3)19(4,20)18-15-12-11-13-16(18)2/h11-13,15,17,20H,5-9H2,1-4H3. The van der Waals surface area contributed by atoms with Crippen molar-refractivity contribution < 1.29 is 5.11 Å². The van der Waals surface area contributed by atoms with Crippen LogP contribution in [0, 0.1) is 24.7 Å². The number of unbranched alkanes of at least 4 members (excludes halogenated alkanes) is 4. The van der Waals surface area contributed by atoms with Crippen LogP contribution in [0.5, 0.6) is 0 Å². The first-order chi connectivity index (χ1) is 9.50. The van der Waals surface area contributed by atoms with E-state index < -0.39 is 5.60 Å². The molecule has 2 atom stereocenters. The van der Waals surface area contributed by atoms with Crippen molar-refractivity contribution in [3.63, 3.8) is 0 Å². The third kappa shape index (κ3) is 4.69. The molecule has 0 fully saturated rings. The molecular formula is C19H28O. The number of aryl methyl sites for hydroxylation is 1. The topological polar surface area (TPSA) is 20.2 Å². The maximum absolute atomic E-state index is 10.8. The van der Waals surface area contributed by atoms with Crippen LogP contribution < -0.4 is 0 Å². The van der Waals surface area contributed by atoms with Gasteiger partial charge in [-0.05, 0) is 38.3 Å². The molecule has 1 aromatic rings. The van der Waals surface area contributed by atoms with E-state index in [1.165, 1.54) is 25.7 Å². The Labute approximate surface area is 124 Å². The number of rotatable bonds is 6. The summed E-state index contributed by atoms with van der Waals surface area (Å²) in [7, 11) is 0. The summed E-state index contributed by atoms with van der Waals surface area (Å²) in [6.45, 7) is 8.12. The summed E-state index contributed by atoms with van der Waals surface area (Å²) < 4.78 is 0. The SMILES string of the molecule is CCCCCCC#CC(C)C(C)(O)c1ccccc1C.